The van der Waals surface area contributed by atoms with Crippen LogP contribution in [0.4, 0.5) is 29.6 Å². The maximum Gasteiger partial charge on any atom is 0.328 e. The summed E-state index contributed by atoms with van der Waals surface area (Å²) in [5.41, 5.74) is 3.68. The smallest absolute Gasteiger partial charge is 0.328 e. The van der Waals surface area contributed by atoms with Gasteiger partial charge >= 0.3 is 6.03 Å². The Balaban J connectivity index is 0.678. The van der Waals surface area contributed by atoms with E-state index in [1.54, 1.807) is 12.1 Å². The Morgan fingerprint density at radius 3 is 2.37 bits per heavy atom. The molecule has 3 aromatic carbocycles. The van der Waals surface area contributed by atoms with Gasteiger partial charge in [-0.2, -0.15) is 9.49 Å². The first kappa shape index (κ1) is 45.2. The zero-order chi connectivity index (χ0) is 47.3. The quantitative estimate of drug-likeness (QED) is 0.145. The number of halogens is 3. The van der Waals surface area contributed by atoms with E-state index in [-0.39, 0.29) is 48.9 Å². The van der Waals surface area contributed by atoms with E-state index < -0.39 is 40.7 Å². The monoisotopic (exact) mass is 934 g/mol. The molecule has 5 aromatic rings. The number of hydrogen-bond acceptors (Lipinski definition) is 11. The van der Waals surface area contributed by atoms with Crippen LogP contribution >= 0.6 is 0 Å². The molecule has 5 amide bonds. The number of benzene rings is 3. The summed E-state index contributed by atoms with van der Waals surface area (Å²) in [4.78, 5) is 68.1. The molecular weight excluding hydrogens is 882 g/mol. The van der Waals surface area contributed by atoms with Gasteiger partial charge in [0, 0.05) is 106 Å². The fraction of sp³-hybridized carbons (Fsp3) is 0.449. The summed E-state index contributed by atoms with van der Waals surface area (Å²) in [6.45, 7) is 7.55. The number of piperazine rings is 1. The molecule has 1 saturated carbocycles. The van der Waals surface area contributed by atoms with E-state index in [1.165, 1.54) is 4.90 Å². The first-order valence-corrected chi connectivity index (χ1v) is 23.4. The van der Waals surface area contributed by atoms with E-state index in [9.17, 15) is 37.5 Å². The second-order valence-electron chi connectivity index (χ2n) is 18.8. The number of aromatic nitrogens is 4. The van der Waals surface area contributed by atoms with Gasteiger partial charge in [-0.1, -0.05) is 18.2 Å². The van der Waals surface area contributed by atoms with Gasteiger partial charge in [-0.25, -0.2) is 23.5 Å². The number of piperidine rings is 1. The van der Waals surface area contributed by atoms with Crippen LogP contribution in [-0.2, 0) is 9.53 Å². The van der Waals surface area contributed by atoms with E-state index in [0.29, 0.717) is 49.0 Å². The Morgan fingerprint density at radius 2 is 1.63 bits per heavy atom. The third kappa shape index (κ3) is 8.96. The molecule has 0 unspecified atom stereocenters. The Morgan fingerprint density at radius 1 is 0.882 bits per heavy atom. The maximum atomic E-state index is 14.2. The zero-order valence-electron chi connectivity index (χ0n) is 37.7. The number of urea groups is 1. The van der Waals surface area contributed by atoms with E-state index in [2.05, 4.69) is 20.4 Å². The van der Waals surface area contributed by atoms with Gasteiger partial charge in [0.1, 0.15) is 0 Å². The van der Waals surface area contributed by atoms with Crippen molar-refractivity contribution in [3.8, 4) is 16.9 Å². The van der Waals surface area contributed by atoms with E-state index >= 15 is 0 Å². The van der Waals surface area contributed by atoms with E-state index in [1.807, 2.05) is 59.4 Å². The molecule has 6 heterocycles. The maximum absolute atomic E-state index is 14.2. The molecule has 1 aliphatic carbocycles. The summed E-state index contributed by atoms with van der Waals surface area (Å²) in [5, 5.41) is 20.1. The molecule has 1 atom stereocenters. The number of aromatic hydroxyl groups is 1. The largest absolute Gasteiger partial charge is 0.503 e. The van der Waals surface area contributed by atoms with Crippen molar-refractivity contribution in [3.63, 3.8) is 0 Å². The summed E-state index contributed by atoms with van der Waals surface area (Å²) in [6, 6.07) is 12.0. The molecule has 5 aliphatic rings. The third-order valence-electron chi connectivity index (χ3n) is 14.7. The average Bonchev–Trinajstić information content (AvgIpc) is 3.99. The van der Waals surface area contributed by atoms with Crippen molar-refractivity contribution in [2.24, 2.45) is 5.92 Å². The lowest BCUT2D eigenvalue weighted by Crippen LogP contribution is -2.52. The molecule has 356 valence electrons. The molecular formula is C49H53F3N10O6. The lowest BCUT2D eigenvalue weighted by Gasteiger charge is -2.40. The van der Waals surface area contributed by atoms with Gasteiger partial charge in [0.05, 0.1) is 29.3 Å². The predicted molar refractivity (Wildman–Crippen MR) is 245 cm³/mol. The number of amides is 5. The number of carbonyl (C=O) groups excluding carboxylic acids is 4. The minimum absolute atomic E-state index is 0.0711. The molecule has 19 heteroatoms. The molecule has 0 radical (unpaired) electrons. The average molecular weight is 935 g/mol. The number of imide groups is 1. The van der Waals surface area contributed by atoms with Gasteiger partial charge in [0.25, 0.3) is 11.8 Å². The molecule has 16 nitrogen and oxygen atoms in total. The van der Waals surface area contributed by atoms with Gasteiger partial charge in [0.2, 0.25) is 17.7 Å². The minimum Gasteiger partial charge on any atom is -0.503 e. The van der Waals surface area contributed by atoms with Crippen LogP contribution in [0.1, 0.15) is 83.7 Å². The lowest BCUT2D eigenvalue weighted by atomic mass is 9.86. The van der Waals surface area contributed by atoms with Crippen molar-refractivity contribution in [1.29, 1.82) is 0 Å². The second kappa shape index (κ2) is 18.5. The Labute approximate surface area is 390 Å². The van der Waals surface area contributed by atoms with Crippen molar-refractivity contribution >= 4 is 46.3 Å². The number of nitrogens with zero attached hydrogens (tertiary/aromatic N) is 8. The SMILES string of the molecule is Cc1ccc(C(=O)N2CCC3(CC2)C[C@@H](N2CCN(c4ncc(-c5ccc6cn([C@H]7CC[C@H](CNC(=O)c8cc(F)c(O)c(F)c8F)CC7)nc6c5)cn4)CC2)CO3)cc1N1CCC(=O)NC1=O. The van der Waals surface area contributed by atoms with Gasteiger partial charge in [-0.05, 0) is 93.2 Å². The van der Waals surface area contributed by atoms with Crippen molar-refractivity contribution in [1.82, 2.24) is 40.2 Å². The molecule has 4 aliphatic heterocycles. The Kier molecular flexibility index (Phi) is 12.3. The van der Waals surface area contributed by atoms with E-state index in [4.69, 9.17) is 19.8 Å². The number of anilines is 2. The number of nitrogens with one attached hydrogen (secondary N) is 2. The highest BCUT2D eigenvalue weighted by molar-refractivity contribution is 6.06. The molecule has 1 spiro atoms. The van der Waals surface area contributed by atoms with Crippen molar-refractivity contribution in [2.75, 3.05) is 68.8 Å². The van der Waals surface area contributed by atoms with Gasteiger partial charge < -0.3 is 25.0 Å². The predicted octanol–water partition coefficient (Wildman–Crippen LogP) is 6.12. The standard InChI is InChI=1S/C49H53F3N10O6/c1-29-2-5-32(21-40(29)61-13-10-41(63)56-48(61)67)46(66)59-14-11-49(12-15-59)23-36(28-68-49)58-16-18-60(19-17-58)47-54-25-34(26-55-47)31-6-7-33-27-62(57-39(33)20-31)35-8-3-30(4-9-35)24-53-45(65)37-22-38(50)44(64)43(52)42(37)51/h2,5-7,20-22,25-27,30,35-36,64H,3-4,8-19,23-24,28H2,1H3,(H,53,65)(H,56,63,67)/t30-,35-,36-/m1/s1. The lowest BCUT2D eigenvalue weighted by molar-refractivity contribution is -0.120. The zero-order valence-corrected chi connectivity index (χ0v) is 37.7. The van der Waals surface area contributed by atoms with Gasteiger partial charge in [0.15, 0.2) is 17.4 Å². The summed E-state index contributed by atoms with van der Waals surface area (Å²) in [7, 11) is 0. The fourth-order valence-electron chi connectivity index (χ4n) is 10.5. The number of fused-ring (bicyclic) bond motifs is 1. The summed E-state index contributed by atoms with van der Waals surface area (Å²) in [5.74, 6) is -6.73. The number of ether oxygens (including phenoxy) is 1. The third-order valence-corrected chi connectivity index (χ3v) is 14.7. The molecule has 68 heavy (non-hydrogen) atoms. The van der Waals surface area contributed by atoms with Crippen LogP contribution in [0.15, 0.2) is 61.1 Å². The normalized spacial score (nSPS) is 22.2. The van der Waals surface area contributed by atoms with Crippen LogP contribution in [0.25, 0.3) is 22.0 Å². The van der Waals surface area contributed by atoms with Crippen molar-refractivity contribution in [3.05, 3.63) is 95.2 Å². The molecule has 4 saturated heterocycles. The van der Waals surface area contributed by atoms with Gasteiger partial charge in [-0.15, -0.1) is 0 Å². The number of aryl methyl sites for hydroxylation is 1. The minimum atomic E-state index is -1.79. The first-order valence-electron chi connectivity index (χ1n) is 23.4. The van der Waals surface area contributed by atoms with Crippen LogP contribution in [0.5, 0.6) is 5.75 Å². The summed E-state index contributed by atoms with van der Waals surface area (Å²) < 4.78 is 50.2. The van der Waals surface area contributed by atoms with Crippen molar-refractivity contribution in [2.45, 2.75) is 76.0 Å². The molecule has 0 bridgehead atoms. The number of phenolic OH excluding ortho intramolecular Hbond substituents is 1. The van der Waals surface area contributed by atoms with Crippen LogP contribution in [0.3, 0.4) is 0 Å². The van der Waals surface area contributed by atoms with Gasteiger partial charge in [-0.3, -0.25) is 34.2 Å². The first-order chi connectivity index (χ1) is 32.8. The number of likely N-dealkylation sites (tertiary alicyclic amines) is 1. The Hall–Kier alpha value is -6.60. The molecule has 2 aromatic heterocycles. The fourth-order valence-corrected chi connectivity index (χ4v) is 10.5. The molecule has 5 fully saturated rings. The topological polar surface area (TPSA) is 178 Å². The Bertz CT molecular complexity index is 2770. The highest BCUT2D eigenvalue weighted by Crippen LogP contribution is 2.39. The van der Waals surface area contributed by atoms with Crippen LogP contribution in [-0.4, -0.2) is 129 Å². The highest BCUT2D eigenvalue weighted by atomic mass is 19.2. The number of phenols is 1. The number of hydrogen-bond donors (Lipinski definition) is 3. The molecule has 3 N–H and O–H groups in total. The van der Waals surface area contributed by atoms with E-state index in [0.717, 1.165) is 98.7 Å². The highest BCUT2D eigenvalue weighted by Gasteiger charge is 2.45. The van der Waals surface area contributed by atoms with Crippen LogP contribution < -0.4 is 20.4 Å². The number of carbonyl (C=O) groups is 4. The van der Waals surface area contributed by atoms with Crippen LogP contribution in [0.2, 0.25) is 0 Å². The molecule has 10 rings (SSSR count). The second-order valence-corrected chi connectivity index (χ2v) is 18.8. The summed E-state index contributed by atoms with van der Waals surface area (Å²) >= 11 is 0. The van der Waals surface area contributed by atoms with Crippen molar-refractivity contribution < 1.29 is 42.2 Å². The number of rotatable bonds is 9. The summed E-state index contributed by atoms with van der Waals surface area (Å²) in [6.07, 6.45) is 11.6. The van der Waals surface area contributed by atoms with Crippen LogP contribution in [0, 0.1) is 30.3 Å².